The van der Waals surface area contributed by atoms with Crippen LogP contribution in [-0.4, -0.2) is 43.9 Å². The fourth-order valence-corrected chi connectivity index (χ4v) is 6.13. The number of anilines is 2. The van der Waals surface area contributed by atoms with E-state index < -0.39 is 23.4 Å². The maximum absolute atomic E-state index is 14.7. The minimum Gasteiger partial charge on any atom is -0.353 e. The molecule has 2 aromatic heterocycles. The summed E-state index contributed by atoms with van der Waals surface area (Å²) in [5.41, 5.74) is 0.440. The van der Waals surface area contributed by atoms with E-state index >= 15 is 0 Å². The van der Waals surface area contributed by atoms with Crippen molar-refractivity contribution in [3.63, 3.8) is 0 Å². The predicted octanol–water partition coefficient (Wildman–Crippen LogP) is 4.58. The van der Waals surface area contributed by atoms with Gasteiger partial charge in [0.05, 0.1) is 5.69 Å². The Morgan fingerprint density at radius 1 is 0.917 bits per heavy atom. The summed E-state index contributed by atoms with van der Waals surface area (Å²) in [7, 11) is 0. The van der Waals surface area contributed by atoms with Crippen LogP contribution in [0.2, 0.25) is 0 Å². The van der Waals surface area contributed by atoms with Crippen LogP contribution >= 0.6 is 0 Å². The molecule has 7 nitrogen and oxygen atoms in total. The smallest absolute Gasteiger partial charge is 0.242 e. The normalized spacial score (nSPS) is 25.5. The highest BCUT2D eigenvalue weighted by Gasteiger charge is 2.43. The van der Waals surface area contributed by atoms with Gasteiger partial charge in [-0.25, -0.2) is 32.2 Å². The predicted molar refractivity (Wildman–Crippen MR) is 125 cm³/mol. The summed E-state index contributed by atoms with van der Waals surface area (Å²) in [6.45, 7) is 3.59. The van der Waals surface area contributed by atoms with E-state index in [-0.39, 0.29) is 29.3 Å². The van der Waals surface area contributed by atoms with Gasteiger partial charge < -0.3 is 10.2 Å². The topological polar surface area (TPSA) is 71.8 Å². The highest BCUT2D eigenvalue weighted by atomic mass is 19.2. The molecule has 3 aromatic rings. The molecule has 4 atom stereocenters. The van der Waals surface area contributed by atoms with Gasteiger partial charge in [-0.3, -0.25) is 0 Å². The third-order valence-electron chi connectivity index (χ3n) is 7.94. The molecular weight excluding hydrogens is 474 g/mol. The van der Waals surface area contributed by atoms with Crippen molar-refractivity contribution in [1.82, 2.24) is 24.7 Å². The van der Waals surface area contributed by atoms with E-state index in [1.54, 1.807) is 11.6 Å². The van der Waals surface area contributed by atoms with Crippen molar-refractivity contribution in [2.24, 2.45) is 11.8 Å². The molecule has 1 saturated carbocycles. The van der Waals surface area contributed by atoms with Gasteiger partial charge in [0, 0.05) is 37.2 Å². The number of nitrogens with zero attached hydrogens (tertiary/aromatic N) is 6. The number of halogens is 4. The monoisotopic (exact) mass is 501 g/mol. The maximum Gasteiger partial charge on any atom is 0.242 e. The first-order chi connectivity index (χ1) is 17.4. The molecule has 4 heterocycles. The van der Waals surface area contributed by atoms with E-state index in [1.807, 2.05) is 4.90 Å². The first-order valence-corrected chi connectivity index (χ1v) is 12.5. The lowest BCUT2D eigenvalue weighted by molar-refractivity contribution is 0.371. The van der Waals surface area contributed by atoms with Crippen LogP contribution in [0, 0.1) is 42.0 Å². The van der Waals surface area contributed by atoms with Crippen LogP contribution < -0.4 is 10.2 Å². The van der Waals surface area contributed by atoms with Crippen molar-refractivity contribution in [3.05, 3.63) is 58.8 Å². The zero-order chi connectivity index (χ0) is 25.0. The molecular formula is C25H27F4N7. The molecule has 1 aromatic carbocycles. The summed E-state index contributed by atoms with van der Waals surface area (Å²) < 4.78 is 58.6. The highest BCUT2D eigenvalue weighted by molar-refractivity contribution is 5.43. The van der Waals surface area contributed by atoms with Crippen LogP contribution in [0.25, 0.3) is 0 Å². The SMILES string of the molecule is Cc1ncnc(N2CC3CC[C@@H](C2)C3Nc2nc3n(n2)CCCCC3c2ccc(F)c(F)c2F)c1F. The molecule has 1 N–H and O–H groups in total. The number of hydrogen-bond acceptors (Lipinski definition) is 6. The fourth-order valence-electron chi connectivity index (χ4n) is 6.13. The number of nitrogens with one attached hydrogen (secondary N) is 1. The van der Waals surface area contributed by atoms with E-state index in [1.165, 1.54) is 12.4 Å². The molecule has 3 unspecified atom stereocenters. The van der Waals surface area contributed by atoms with Crippen LogP contribution in [0.3, 0.4) is 0 Å². The number of hydrogen-bond donors (Lipinski definition) is 1. The highest BCUT2D eigenvalue weighted by Crippen LogP contribution is 2.41. The second-order valence-electron chi connectivity index (χ2n) is 10.1. The van der Waals surface area contributed by atoms with Crippen LogP contribution in [-0.2, 0) is 6.54 Å². The second-order valence-corrected chi connectivity index (χ2v) is 10.1. The molecule has 11 heteroatoms. The molecule has 2 fully saturated rings. The number of rotatable bonds is 4. The molecule has 0 spiro atoms. The van der Waals surface area contributed by atoms with Crippen molar-refractivity contribution in [2.75, 3.05) is 23.3 Å². The zero-order valence-electron chi connectivity index (χ0n) is 19.9. The van der Waals surface area contributed by atoms with Gasteiger partial charge >= 0.3 is 0 Å². The van der Waals surface area contributed by atoms with Crippen molar-refractivity contribution < 1.29 is 17.6 Å². The summed E-state index contributed by atoms with van der Waals surface area (Å²) in [6.07, 6.45) is 5.62. The van der Waals surface area contributed by atoms with E-state index in [2.05, 4.69) is 20.4 Å². The molecule has 0 radical (unpaired) electrons. The van der Waals surface area contributed by atoms with Gasteiger partial charge in [-0.05, 0) is 50.5 Å². The Balaban J connectivity index is 1.24. The Bertz CT molecular complexity index is 1280. The zero-order valence-corrected chi connectivity index (χ0v) is 19.9. The number of benzene rings is 1. The van der Waals surface area contributed by atoms with E-state index in [0.29, 0.717) is 49.3 Å². The lowest BCUT2D eigenvalue weighted by Crippen LogP contribution is -2.48. The van der Waals surface area contributed by atoms with E-state index in [9.17, 15) is 17.6 Å². The molecule has 2 bridgehead atoms. The van der Waals surface area contributed by atoms with Gasteiger partial charge in [-0.15, -0.1) is 5.10 Å². The lowest BCUT2D eigenvalue weighted by atomic mass is 9.92. The Hall–Kier alpha value is -3.24. The van der Waals surface area contributed by atoms with E-state index in [4.69, 9.17) is 4.98 Å². The molecule has 6 rings (SSSR count). The Morgan fingerprint density at radius 2 is 1.69 bits per heavy atom. The third kappa shape index (κ3) is 3.88. The summed E-state index contributed by atoms with van der Waals surface area (Å²) >= 11 is 0. The number of piperidine rings is 1. The minimum absolute atomic E-state index is 0.103. The summed E-state index contributed by atoms with van der Waals surface area (Å²) in [5.74, 6) is -2.81. The molecule has 3 aliphatic rings. The average molecular weight is 502 g/mol. The molecule has 1 aliphatic carbocycles. The van der Waals surface area contributed by atoms with Crippen LogP contribution in [0.1, 0.15) is 55.1 Å². The third-order valence-corrected chi connectivity index (χ3v) is 7.94. The van der Waals surface area contributed by atoms with Gasteiger partial charge in [0.15, 0.2) is 29.1 Å². The van der Waals surface area contributed by atoms with Crippen LogP contribution in [0.15, 0.2) is 18.5 Å². The van der Waals surface area contributed by atoms with Gasteiger partial charge in [0.1, 0.15) is 12.2 Å². The first kappa shape index (κ1) is 23.2. The Kier molecular flexibility index (Phi) is 5.80. The number of aromatic nitrogens is 5. The first-order valence-electron chi connectivity index (χ1n) is 12.5. The fraction of sp³-hybridized carbons (Fsp3) is 0.520. The largest absolute Gasteiger partial charge is 0.353 e. The maximum atomic E-state index is 14.7. The average Bonchev–Trinajstić information content (AvgIpc) is 3.27. The standard InChI is InChI=1S/C25H27F4N7/c1-13-19(27)24(31-12-30-13)35-10-14-5-6-15(11-35)22(14)32-25-33-23-17(4-2-3-9-36(23)34-25)16-7-8-18(26)21(29)20(16)28/h7-8,12,14-15,17,22H,2-6,9-11H2,1H3,(H,32,34)/t14-,15?,17?,22?/m0/s1. The van der Waals surface area contributed by atoms with Crippen LogP contribution in [0.4, 0.5) is 29.3 Å². The van der Waals surface area contributed by atoms with E-state index in [0.717, 1.165) is 31.7 Å². The minimum atomic E-state index is -1.46. The molecule has 2 aliphatic heterocycles. The van der Waals surface area contributed by atoms with Crippen molar-refractivity contribution >= 4 is 11.8 Å². The number of fused-ring (bicyclic) bond motifs is 3. The Labute approximate surface area is 206 Å². The molecule has 190 valence electrons. The summed E-state index contributed by atoms with van der Waals surface area (Å²) in [4.78, 5) is 14.8. The van der Waals surface area contributed by atoms with Gasteiger partial charge in [0.2, 0.25) is 5.95 Å². The summed E-state index contributed by atoms with van der Waals surface area (Å²) in [6, 6.07) is 2.39. The summed E-state index contributed by atoms with van der Waals surface area (Å²) in [5, 5.41) is 8.16. The lowest BCUT2D eigenvalue weighted by Gasteiger charge is -2.38. The van der Waals surface area contributed by atoms with Gasteiger partial charge in [-0.2, -0.15) is 4.98 Å². The van der Waals surface area contributed by atoms with Gasteiger partial charge in [0.25, 0.3) is 0 Å². The van der Waals surface area contributed by atoms with Crippen LogP contribution in [0.5, 0.6) is 0 Å². The van der Waals surface area contributed by atoms with Crippen molar-refractivity contribution in [1.29, 1.82) is 0 Å². The Morgan fingerprint density at radius 3 is 2.47 bits per heavy atom. The molecule has 36 heavy (non-hydrogen) atoms. The number of aryl methyl sites for hydroxylation is 2. The molecule has 0 amide bonds. The van der Waals surface area contributed by atoms with Gasteiger partial charge in [-0.1, -0.05) is 12.5 Å². The quantitative estimate of drug-likeness (QED) is 0.417. The molecule has 1 saturated heterocycles. The van der Waals surface area contributed by atoms with Crippen molar-refractivity contribution in [2.45, 2.75) is 57.5 Å². The second kappa shape index (κ2) is 9.01. The van der Waals surface area contributed by atoms with Crippen molar-refractivity contribution in [3.8, 4) is 0 Å².